The molecule has 0 aliphatic carbocycles. The average molecular weight is 485 g/mol. The van der Waals surface area contributed by atoms with Crippen LogP contribution in [0.1, 0.15) is 34.9 Å². The van der Waals surface area contributed by atoms with E-state index in [0.29, 0.717) is 47.5 Å². The molecule has 10 nitrogen and oxygen atoms in total. The second-order valence-electron chi connectivity index (χ2n) is 8.22. The maximum absolute atomic E-state index is 13.4. The number of urea groups is 1. The number of hydrogen-bond donors (Lipinski definition) is 2. The van der Waals surface area contributed by atoms with E-state index in [1.165, 1.54) is 11.3 Å². The SMILES string of the molecule is COc1ccc(OC)c(-c2cc(C(=O)N3CCc4nc(NC(=O)NC(C)C)sc4C3)n(C)n2)c1. The number of methoxy groups -OCH3 is 2. The summed E-state index contributed by atoms with van der Waals surface area (Å²) in [5.41, 5.74) is 2.76. The maximum Gasteiger partial charge on any atom is 0.321 e. The molecule has 2 N–H and O–H groups in total. The van der Waals surface area contributed by atoms with Crippen LogP contribution in [0.2, 0.25) is 0 Å². The molecule has 3 amide bonds. The Morgan fingerprint density at radius 2 is 1.97 bits per heavy atom. The molecule has 4 rings (SSSR count). The third-order valence-electron chi connectivity index (χ3n) is 5.44. The van der Waals surface area contributed by atoms with E-state index in [2.05, 4.69) is 20.7 Å². The highest BCUT2D eigenvalue weighted by Crippen LogP contribution is 2.34. The highest BCUT2D eigenvalue weighted by atomic mass is 32.1. The molecule has 1 aliphatic heterocycles. The Morgan fingerprint density at radius 1 is 1.18 bits per heavy atom. The summed E-state index contributed by atoms with van der Waals surface area (Å²) in [7, 11) is 4.94. The number of benzene rings is 1. The molecule has 34 heavy (non-hydrogen) atoms. The van der Waals surface area contributed by atoms with Crippen molar-refractivity contribution in [3.05, 3.63) is 40.5 Å². The fraction of sp³-hybridized carbons (Fsp3) is 0.391. The smallest absolute Gasteiger partial charge is 0.321 e. The van der Waals surface area contributed by atoms with Gasteiger partial charge >= 0.3 is 6.03 Å². The summed E-state index contributed by atoms with van der Waals surface area (Å²) < 4.78 is 12.4. The number of aromatic nitrogens is 3. The van der Waals surface area contributed by atoms with Gasteiger partial charge in [0.1, 0.15) is 17.2 Å². The van der Waals surface area contributed by atoms with E-state index in [1.54, 1.807) is 36.9 Å². The fourth-order valence-electron chi connectivity index (χ4n) is 3.79. The minimum absolute atomic E-state index is 0.0310. The predicted octanol–water partition coefficient (Wildman–Crippen LogP) is 3.29. The number of anilines is 1. The van der Waals surface area contributed by atoms with Crippen LogP contribution in [-0.4, -0.2) is 58.4 Å². The number of hydrogen-bond acceptors (Lipinski definition) is 7. The lowest BCUT2D eigenvalue weighted by molar-refractivity contribution is 0.0725. The van der Waals surface area contributed by atoms with Crippen molar-refractivity contribution in [3.63, 3.8) is 0 Å². The number of nitrogens with zero attached hydrogens (tertiary/aromatic N) is 4. The van der Waals surface area contributed by atoms with Crippen molar-refractivity contribution in [2.45, 2.75) is 32.9 Å². The van der Waals surface area contributed by atoms with Gasteiger partial charge in [0.05, 0.1) is 32.2 Å². The number of thiazole rings is 1. The van der Waals surface area contributed by atoms with Gasteiger partial charge in [0.15, 0.2) is 5.13 Å². The molecule has 0 saturated carbocycles. The molecule has 1 aromatic carbocycles. The lowest BCUT2D eigenvalue weighted by atomic mass is 10.1. The third kappa shape index (κ3) is 4.84. The maximum atomic E-state index is 13.4. The van der Waals surface area contributed by atoms with Gasteiger partial charge in [-0.3, -0.25) is 14.8 Å². The number of fused-ring (bicyclic) bond motifs is 1. The zero-order valence-corrected chi connectivity index (χ0v) is 20.7. The molecule has 11 heteroatoms. The predicted molar refractivity (Wildman–Crippen MR) is 130 cm³/mol. The molecule has 1 aliphatic rings. The van der Waals surface area contributed by atoms with Gasteiger partial charge in [-0.2, -0.15) is 5.10 Å². The zero-order valence-electron chi connectivity index (χ0n) is 19.8. The number of ether oxygens (including phenoxy) is 2. The number of amides is 3. The first-order valence-electron chi connectivity index (χ1n) is 10.9. The van der Waals surface area contributed by atoms with Gasteiger partial charge in [-0.1, -0.05) is 11.3 Å². The Balaban J connectivity index is 1.52. The highest BCUT2D eigenvalue weighted by molar-refractivity contribution is 7.15. The van der Waals surface area contributed by atoms with Gasteiger partial charge < -0.3 is 19.7 Å². The molecule has 3 aromatic rings. The third-order valence-corrected chi connectivity index (χ3v) is 6.44. The minimum atomic E-state index is -0.288. The van der Waals surface area contributed by atoms with E-state index >= 15 is 0 Å². The van der Waals surface area contributed by atoms with Gasteiger partial charge in [-0.15, -0.1) is 0 Å². The first-order chi connectivity index (χ1) is 16.3. The fourth-order valence-corrected chi connectivity index (χ4v) is 4.81. The van der Waals surface area contributed by atoms with Crippen LogP contribution < -0.4 is 20.1 Å². The van der Waals surface area contributed by atoms with Crippen LogP contribution in [0.15, 0.2) is 24.3 Å². The number of rotatable bonds is 6. The lowest BCUT2D eigenvalue weighted by Gasteiger charge is -2.25. The van der Waals surface area contributed by atoms with E-state index in [0.717, 1.165) is 16.1 Å². The summed E-state index contributed by atoms with van der Waals surface area (Å²) in [5.74, 6) is 1.20. The largest absolute Gasteiger partial charge is 0.497 e. The molecule has 0 spiro atoms. The summed E-state index contributed by atoms with van der Waals surface area (Å²) in [6.07, 6.45) is 0.624. The second-order valence-corrected chi connectivity index (χ2v) is 9.31. The molecule has 2 aromatic heterocycles. The van der Waals surface area contributed by atoms with Gasteiger partial charge in [0.2, 0.25) is 0 Å². The summed E-state index contributed by atoms with van der Waals surface area (Å²) in [6, 6.07) is 6.98. The van der Waals surface area contributed by atoms with E-state index in [1.807, 2.05) is 32.0 Å². The van der Waals surface area contributed by atoms with Crippen molar-refractivity contribution < 1.29 is 19.1 Å². The molecule has 0 radical (unpaired) electrons. The van der Waals surface area contributed by atoms with Gasteiger partial charge in [0, 0.05) is 36.5 Å². The first kappa shape index (κ1) is 23.6. The van der Waals surface area contributed by atoms with Crippen molar-refractivity contribution in [1.82, 2.24) is 25.0 Å². The topological polar surface area (TPSA) is 111 Å². The van der Waals surface area contributed by atoms with Crippen molar-refractivity contribution in [2.75, 3.05) is 26.1 Å². The van der Waals surface area contributed by atoms with Crippen LogP contribution in [0.25, 0.3) is 11.3 Å². The molecule has 0 unspecified atom stereocenters. The Kier molecular flexibility index (Phi) is 6.73. The molecule has 0 atom stereocenters. The van der Waals surface area contributed by atoms with Crippen molar-refractivity contribution in [2.24, 2.45) is 7.05 Å². The number of nitrogens with one attached hydrogen (secondary N) is 2. The van der Waals surface area contributed by atoms with Crippen LogP contribution in [-0.2, 0) is 20.0 Å². The Bertz CT molecular complexity index is 1220. The monoisotopic (exact) mass is 484 g/mol. The summed E-state index contributed by atoms with van der Waals surface area (Å²) in [5, 5.41) is 10.6. The highest BCUT2D eigenvalue weighted by Gasteiger charge is 2.28. The van der Waals surface area contributed by atoms with Crippen molar-refractivity contribution in [3.8, 4) is 22.8 Å². The lowest BCUT2D eigenvalue weighted by Crippen LogP contribution is -2.36. The number of carbonyl (C=O) groups excluding carboxylic acids is 2. The van der Waals surface area contributed by atoms with Gasteiger partial charge in [0.25, 0.3) is 5.91 Å². The summed E-state index contributed by atoms with van der Waals surface area (Å²) >= 11 is 1.39. The molecular weight excluding hydrogens is 456 g/mol. The van der Waals surface area contributed by atoms with Crippen LogP contribution in [0, 0.1) is 0 Å². The standard InChI is InChI=1S/C23H28N6O4S/c1-13(2)24-22(31)26-23-25-16-8-9-29(12-20(16)34-23)21(30)18-11-17(27-28(18)3)15-10-14(32-4)6-7-19(15)33-5/h6-7,10-11,13H,8-9,12H2,1-5H3,(H2,24,25,26,31). The van der Waals surface area contributed by atoms with E-state index < -0.39 is 0 Å². The number of aryl methyl sites for hydroxylation is 1. The Morgan fingerprint density at radius 3 is 2.68 bits per heavy atom. The van der Waals surface area contributed by atoms with Crippen molar-refractivity contribution >= 4 is 28.4 Å². The van der Waals surface area contributed by atoms with Gasteiger partial charge in [-0.25, -0.2) is 9.78 Å². The normalized spacial score (nSPS) is 12.9. The molecule has 180 valence electrons. The molecular formula is C23H28N6O4S. The zero-order chi connectivity index (χ0) is 24.4. The molecule has 3 heterocycles. The van der Waals surface area contributed by atoms with Crippen LogP contribution in [0.4, 0.5) is 9.93 Å². The quantitative estimate of drug-likeness (QED) is 0.556. The van der Waals surface area contributed by atoms with Crippen LogP contribution in [0.3, 0.4) is 0 Å². The van der Waals surface area contributed by atoms with E-state index in [-0.39, 0.29) is 18.0 Å². The summed E-state index contributed by atoms with van der Waals surface area (Å²) in [4.78, 5) is 32.6. The van der Waals surface area contributed by atoms with E-state index in [9.17, 15) is 9.59 Å². The summed E-state index contributed by atoms with van der Waals surface area (Å²) in [6.45, 7) is 4.76. The first-order valence-corrected chi connectivity index (χ1v) is 11.7. The van der Waals surface area contributed by atoms with Crippen LogP contribution in [0.5, 0.6) is 11.5 Å². The molecule has 0 saturated heterocycles. The molecule has 0 bridgehead atoms. The Labute approximate surface area is 201 Å². The van der Waals surface area contributed by atoms with Crippen LogP contribution >= 0.6 is 11.3 Å². The minimum Gasteiger partial charge on any atom is -0.497 e. The Hall–Kier alpha value is -3.60. The molecule has 0 fully saturated rings. The number of carbonyl (C=O) groups is 2. The average Bonchev–Trinajstić information content (AvgIpc) is 3.39. The van der Waals surface area contributed by atoms with Gasteiger partial charge in [-0.05, 0) is 38.1 Å². The van der Waals surface area contributed by atoms with Crippen molar-refractivity contribution in [1.29, 1.82) is 0 Å². The second kappa shape index (κ2) is 9.72. The van der Waals surface area contributed by atoms with E-state index in [4.69, 9.17) is 9.47 Å².